The lowest BCUT2D eigenvalue weighted by Gasteiger charge is -2.16. The zero-order valence-electron chi connectivity index (χ0n) is 10.2. The topological polar surface area (TPSA) is 17.1 Å². The van der Waals surface area contributed by atoms with Gasteiger partial charge in [-0.3, -0.25) is 4.79 Å². The van der Waals surface area contributed by atoms with Crippen molar-refractivity contribution in [3.63, 3.8) is 0 Å². The minimum absolute atomic E-state index is 0.302. The van der Waals surface area contributed by atoms with Crippen LogP contribution in [-0.2, 0) is 4.79 Å². The Bertz CT molecular complexity index is 291. The van der Waals surface area contributed by atoms with Gasteiger partial charge in [0.25, 0.3) is 0 Å². The number of halogens is 1. The molecule has 2 atom stereocenters. The van der Waals surface area contributed by atoms with Crippen molar-refractivity contribution >= 4 is 21.7 Å². The molecule has 0 amide bonds. The predicted octanol–water partition coefficient (Wildman–Crippen LogP) is 4.14. The summed E-state index contributed by atoms with van der Waals surface area (Å²) >= 11 is 3.54. The van der Waals surface area contributed by atoms with E-state index in [1.54, 1.807) is 0 Å². The largest absolute Gasteiger partial charge is 0.295 e. The average Bonchev–Trinajstić information content (AvgIpc) is 2.60. The predicted molar refractivity (Wildman–Crippen MR) is 72.8 cm³/mol. The summed E-state index contributed by atoms with van der Waals surface area (Å²) in [6.07, 6.45) is 6.70. The van der Waals surface area contributed by atoms with Gasteiger partial charge in [0, 0.05) is 17.7 Å². The van der Waals surface area contributed by atoms with Gasteiger partial charge < -0.3 is 0 Å². The van der Waals surface area contributed by atoms with Gasteiger partial charge >= 0.3 is 0 Å². The number of carbonyl (C=O) groups excluding carboxylic acids is 1. The molecule has 2 heteroatoms. The number of hydrogen-bond donors (Lipinski definition) is 0. The fraction of sp³-hybridized carbons (Fsp3) is 0.643. The first-order valence-corrected chi connectivity index (χ1v) is 7.14. The van der Waals surface area contributed by atoms with E-state index in [0.29, 0.717) is 30.0 Å². The molecule has 90 valence electrons. The van der Waals surface area contributed by atoms with E-state index in [1.165, 1.54) is 0 Å². The summed E-state index contributed by atoms with van der Waals surface area (Å²) in [6.45, 7) is 8.26. The van der Waals surface area contributed by atoms with Crippen LogP contribution in [0.15, 0.2) is 24.3 Å². The Kier molecular flexibility index (Phi) is 5.47. The molecule has 1 rings (SSSR count). The van der Waals surface area contributed by atoms with E-state index in [4.69, 9.17) is 0 Å². The highest BCUT2D eigenvalue weighted by atomic mass is 79.9. The fourth-order valence-corrected chi connectivity index (χ4v) is 3.11. The number of Topliss-reactive ketones (excluding diaryl/α,β-unsaturated/α-hetero) is 1. The van der Waals surface area contributed by atoms with Crippen molar-refractivity contribution < 1.29 is 4.79 Å². The van der Waals surface area contributed by atoms with Crippen LogP contribution in [0.25, 0.3) is 0 Å². The summed E-state index contributed by atoms with van der Waals surface area (Å²) in [5.74, 6) is 1.89. The van der Waals surface area contributed by atoms with Crippen molar-refractivity contribution in [3.05, 3.63) is 24.3 Å². The first kappa shape index (κ1) is 13.7. The van der Waals surface area contributed by atoms with Crippen molar-refractivity contribution in [3.8, 4) is 0 Å². The fourth-order valence-electron chi connectivity index (χ4n) is 2.09. The highest BCUT2D eigenvalue weighted by Gasteiger charge is 2.26. The zero-order chi connectivity index (χ0) is 12.1. The number of ketones is 1. The second kappa shape index (κ2) is 6.39. The van der Waals surface area contributed by atoms with Gasteiger partial charge in [-0.05, 0) is 30.3 Å². The second-order valence-electron chi connectivity index (χ2n) is 4.86. The van der Waals surface area contributed by atoms with Gasteiger partial charge in [0.2, 0.25) is 0 Å². The van der Waals surface area contributed by atoms with Crippen molar-refractivity contribution in [1.82, 2.24) is 0 Å². The third-order valence-corrected chi connectivity index (χ3v) is 4.30. The molecule has 1 aliphatic carbocycles. The van der Waals surface area contributed by atoms with E-state index in [0.717, 1.165) is 23.7 Å². The van der Waals surface area contributed by atoms with Crippen LogP contribution in [0, 0.1) is 17.8 Å². The molecule has 0 N–H and O–H groups in total. The quantitative estimate of drug-likeness (QED) is 0.421. The lowest BCUT2D eigenvalue weighted by Crippen LogP contribution is -2.10. The van der Waals surface area contributed by atoms with Crippen molar-refractivity contribution in [2.24, 2.45) is 17.8 Å². The maximum atomic E-state index is 11.7. The molecule has 0 radical (unpaired) electrons. The maximum absolute atomic E-state index is 11.7. The molecule has 1 nitrogen and oxygen atoms in total. The van der Waals surface area contributed by atoms with Crippen LogP contribution in [-0.4, -0.2) is 11.1 Å². The summed E-state index contributed by atoms with van der Waals surface area (Å²) in [7, 11) is 0. The summed E-state index contributed by atoms with van der Waals surface area (Å²) in [5.41, 5.74) is 1.00. The molecule has 2 unspecified atom stereocenters. The summed E-state index contributed by atoms with van der Waals surface area (Å²) in [5, 5.41) is 1.00. The molecule has 0 spiro atoms. The van der Waals surface area contributed by atoms with Crippen LogP contribution in [0.4, 0.5) is 0 Å². The first-order chi connectivity index (χ1) is 7.60. The number of alkyl halides is 1. The average molecular weight is 285 g/mol. The number of hydrogen-bond acceptors (Lipinski definition) is 1. The van der Waals surface area contributed by atoms with E-state index in [2.05, 4.69) is 42.4 Å². The standard InChI is InChI=1S/C14H21BrO/c1-4-11-6-8-14(16)13(11)7-5-12(9-15)10(2)3/h4,7,10-12H,1,5-6,8-9H2,2-3H3/b13-7+. The zero-order valence-corrected chi connectivity index (χ0v) is 11.8. The van der Waals surface area contributed by atoms with E-state index >= 15 is 0 Å². The third kappa shape index (κ3) is 3.31. The molecule has 0 bridgehead atoms. The van der Waals surface area contributed by atoms with Crippen molar-refractivity contribution in [2.45, 2.75) is 33.1 Å². The smallest absolute Gasteiger partial charge is 0.159 e. The molecule has 1 fully saturated rings. The Hall–Kier alpha value is -0.370. The number of rotatable bonds is 5. The van der Waals surface area contributed by atoms with Gasteiger partial charge in [-0.1, -0.05) is 41.9 Å². The Morgan fingerprint density at radius 1 is 1.56 bits per heavy atom. The van der Waals surface area contributed by atoms with Crippen molar-refractivity contribution in [1.29, 1.82) is 0 Å². The first-order valence-electron chi connectivity index (χ1n) is 6.01. The second-order valence-corrected chi connectivity index (χ2v) is 5.51. The minimum atomic E-state index is 0.302. The van der Waals surface area contributed by atoms with Crippen LogP contribution in [0.5, 0.6) is 0 Å². The third-order valence-electron chi connectivity index (χ3n) is 3.47. The van der Waals surface area contributed by atoms with Crippen LogP contribution >= 0.6 is 15.9 Å². The monoisotopic (exact) mass is 284 g/mol. The molecule has 0 aliphatic heterocycles. The Labute approximate surface area is 107 Å². The van der Waals surface area contributed by atoms with Gasteiger partial charge in [-0.25, -0.2) is 0 Å². The molecule has 0 aromatic carbocycles. The molecule has 16 heavy (non-hydrogen) atoms. The highest BCUT2D eigenvalue weighted by molar-refractivity contribution is 9.09. The molecular weight excluding hydrogens is 264 g/mol. The normalized spacial score (nSPS) is 25.4. The molecule has 0 aromatic rings. The molecule has 1 aliphatic rings. The summed E-state index contributed by atoms with van der Waals surface area (Å²) in [4.78, 5) is 11.7. The summed E-state index contributed by atoms with van der Waals surface area (Å²) in [6, 6.07) is 0. The van der Waals surface area contributed by atoms with Gasteiger partial charge in [0.05, 0.1) is 0 Å². The molecule has 1 saturated carbocycles. The number of carbonyl (C=O) groups is 1. The van der Waals surface area contributed by atoms with E-state index in [1.807, 2.05) is 6.08 Å². The Morgan fingerprint density at radius 2 is 2.25 bits per heavy atom. The lowest BCUT2D eigenvalue weighted by molar-refractivity contribution is -0.114. The molecular formula is C14H21BrO. The van der Waals surface area contributed by atoms with Crippen LogP contribution < -0.4 is 0 Å². The van der Waals surface area contributed by atoms with E-state index in [9.17, 15) is 4.79 Å². The van der Waals surface area contributed by atoms with Crippen LogP contribution in [0.1, 0.15) is 33.1 Å². The van der Waals surface area contributed by atoms with Gasteiger partial charge in [0.15, 0.2) is 5.78 Å². The number of allylic oxidation sites excluding steroid dienone is 3. The summed E-state index contributed by atoms with van der Waals surface area (Å²) < 4.78 is 0. The molecule has 0 aromatic heterocycles. The van der Waals surface area contributed by atoms with Crippen LogP contribution in [0.3, 0.4) is 0 Å². The molecule has 0 heterocycles. The minimum Gasteiger partial charge on any atom is -0.295 e. The van der Waals surface area contributed by atoms with Gasteiger partial charge in [0.1, 0.15) is 0 Å². The van der Waals surface area contributed by atoms with E-state index < -0.39 is 0 Å². The maximum Gasteiger partial charge on any atom is 0.159 e. The Morgan fingerprint density at radius 3 is 2.75 bits per heavy atom. The van der Waals surface area contributed by atoms with Gasteiger partial charge in [-0.15, -0.1) is 6.58 Å². The SMILES string of the molecule is C=CC1CCC(=O)/C1=C/CC(CBr)C(C)C. The lowest BCUT2D eigenvalue weighted by atomic mass is 9.92. The molecule has 0 saturated heterocycles. The highest BCUT2D eigenvalue weighted by Crippen LogP contribution is 2.30. The van der Waals surface area contributed by atoms with Crippen molar-refractivity contribution in [2.75, 3.05) is 5.33 Å². The van der Waals surface area contributed by atoms with Gasteiger partial charge in [-0.2, -0.15) is 0 Å². The van der Waals surface area contributed by atoms with E-state index in [-0.39, 0.29) is 0 Å². The Balaban J connectivity index is 2.67. The van der Waals surface area contributed by atoms with Crippen LogP contribution in [0.2, 0.25) is 0 Å².